The molecule has 0 saturated carbocycles. The number of rotatable bonds is 7. The maximum absolute atomic E-state index is 12.9. The SMILES string of the molecule is O=C(Nc1ccccc1Cl)[C@H](Cc1ccccc1)NS(=O)(=O)c1ccccc1. The highest BCUT2D eigenvalue weighted by atomic mass is 35.5. The van der Waals surface area contributed by atoms with Gasteiger partial charge in [0.05, 0.1) is 15.6 Å². The fourth-order valence-corrected chi connectivity index (χ4v) is 4.07. The van der Waals surface area contributed by atoms with Crippen molar-refractivity contribution in [3.63, 3.8) is 0 Å². The van der Waals surface area contributed by atoms with Crippen LogP contribution in [-0.2, 0) is 21.2 Å². The Morgan fingerprint density at radius 1 is 0.857 bits per heavy atom. The van der Waals surface area contributed by atoms with Gasteiger partial charge in [0, 0.05) is 0 Å². The van der Waals surface area contributed by atoms with Gasteiger partial charge in [-0.1, -0.05) is 72.3 Å². The van der Waals surface area contributed by atoms with Crippen molar-refractivity contribution >= 4 is 33.2 Å². The fraction of sp³-hybridized carbons (Fsp3) is 0.0952. The zero-order valence-electron chi connectivity index (χ0n) is 14.9. The molecular formula is C21H19ClN2O3S. The van der Waals surface area contributed by atoms with Gasteiger partial charge in [0.15, 0.2) is 0 Å². The molecule has 3 rings (SSSR count). The number of carbonyl (C=O) groups is 1. The topological polar surface area (TPSA) is 75.3 Å². The monoisotopic (exact) mass is 414 g/mol. The van der Waals surface area contributed by atoms with E-state index in [1.54, 1.807) is 42.5 Å². The van der Waals surface area contributed by atoms with Crippen molar-refractivity contribution < 1.29 is 13.2 Å². The maximum Gasteiger partial charge on any atom is 0.242 e. The van der Waals surface area contributed by atoms with E-state index in [0.717, 1.165) is 5.56 Å². The predicted octanol–water partition coefficient (Wildman–Crippen LogP) is 3.87. The first-order valence-electron chi connectivity index (χ1n) is 8.62. The highest BCUT2D eigenvalue weighted by Gasteiger charge is 2.26. The first kappa shape index (κ1) is 20.1. The molecule has 7 heteroatoms. The van der Waals surface area contributed by atoms with Crippen molar-refractivity contribution in [2.45, 2.75) is 17.4 Å². The zero-order valence-corrected chi connectivity index (χ0v) is 16.5. The largest absolute Gasteiger partial charge is 0.323 e. The van der Waals surface area contributed by atoms with Gasteiger partial charge >= 0.3 is 0 Å². The molecule has 0 saturated heterocycles. The molecule has 0 aliphatic heterocycles. The molecular weight excluding hydrogens is 396 g/mol. The summed E-state index contributed by atoms with van der Waals surface area (Å²) in [5, 5.41) is 3.08. The minimum absolute atomic E-state index is 0.0959. The molecule has 0 heterocycles. The van der Waals surface area contributed by atoms with Crippen LogP contribution < -0.4 is 10.0 Å². The minimum atomic E-state index is -3.87. The second-order valence-corrected chi connectivity index (χ2v) is 8.27. The molecule has 28 heavy (non-hydrogen) atoms. The molecule has 0 unspecified atom stereocenters. The molecule has 144 valence electrons. The van der Waals surface area contributed by atoms with Crippen LogP contribution in [0.4, 0.5) is 5.69 Å². The summed E-state index contributed by atoms with van der Waals surface area (Å²) < 4.78 is 28.0. The van der Waals surface area contributed by atoms with Gasteiger partial charge in [-0.05, 0) is 36.2 Å². The molecule has 0 aromatic heterocycles. The van der Waals surface area contributed by atoms with Crippen LogP contribution in [0.3, 0.4) is 0 Å². The van der Waals surface area contributed by atoms with E-state index in [4.69, 9.17) is 11.6 Å². The molecule has 1 atom stereocenters. The van der Waals surface area contributed by atoms with Gasteiger partial charge in [-0.3, -0.25) is 4.79 Å². The lowest BCUT2D eigenvalue weighted by molar-refractivity contribution is -0.117. The molecule has 0 aliphatic carbocycles. The third-order valence-electron chi connectivity index (χ3n) is 4.08. The number of benzene rings is 3. The highest BCUT2D eigenvalue weighted by molar-refractivity contribution is 7.89. The smallest absolute Gasteiger partial charge is 0.242 e. The number of carbonyl (C=O) groups excluding carboxylic acids is 1. The molecule has 0 radical (unpaired) electrons. The lowest BCUT2D eigenvalue weighted by Crippen LogP contribution is -2.45. The Labute approximate surface area is 169 Å². The van der Waals surface area contributed by atoms with E-state index in [2.05, 4.69) is 10.0 Å². The summed E-state index contributed by atoms with van der Waals surface area (Å²) in [5.41, 5.74) is 1.25. The van der Waals surface area contributed by atoms with Gasteiger partial charge in [-0.15, -0.1) is 0 Å². The van der Waals surface area contributed by atoms with Crippen molar-refractivity contribution in [1.82, 2.24) is 4.72 Å². The summed E-state index contributed by atoms with van der Waals surface area (Å²) in [4.78, 5) is 13.0. The number of para-hydroxylation sites is 1. The minimum Gasteiger partial charge on any atom is -0.323 e. The molecule has 0 bridgehead atoms. The van der Waals surface area contributed by atoms with Crippen molar-refractivity contribution in [2.75, 3.05) is 5.32 Å². The molecule has 3 aromatic carbocycles. The van der Waals surface area contributed by atoms with E-state index < -0.39 is 22.0 Å². The van der Waals surface area contributed by atoms with E-state index in [-0.39, 0.29) is 11.3 Å². The second-order valence-electron chi connectivity index (χ2n) is 6.15. The van der Waals surface area contributed by atoms with Gasteiger partial charge < -0.3 is 5.32 Å². The Morgan fingerprint density at radius 2 is 1.43 bits per heavy atom. The summed E-state index contributed by atoms with van der Waals surface area (Å²) in [5.74, 6) is -0.489. The third kappa shape index (κ3) is 5.19. The molecule has 2 N–H and O–H groups in total. The van der Waals surface area contributed by atoms with Crippen molar-refractivity contribution in [1.29, 1.82) is 0 Å². The van der Waals surface area contributed by atoms with Crippen LogP contribution in [0.15, 0.2) is 89.8 Å². The maximum atomic E-state index is 12.9. The van der Waals surface area contributed by atoms with Crippen LogP contribution in [0, 0.1) is 0 Å². The summed E-state index contributed by atoms with van der Waals surface area (Å²) >= 11 is 6.11. The molecule has 0 fully saturated rings. The summed E-state index contributed by atoms with van der Waals surface area (Å²) in [6, 6.07) is 22.9. The molecule has 3 aromatic rings. The molecule has 1 amide bonds. The Hall–Kier alpha value is -2.67. The van der Waals surface area contributed by atoms with Gasteiger partial charge in [0.25, 0.3) is 0 Å². The van der Waals surface area contributed by atoms with E-state index in [1.165, 1.54) is 12.1 Å². The van der Waals surface area contributed by atoms with Crippen LogP contribution >= 0.6 is 11.6 Å². The lowest BCUT2D eigenvalue weighted by Gasteiger charge is -2.19. The molecule has 5 nitrogen and oxygen atoms in total. The summed E-state index contributed by atoms with van der Waals surface area (Å²) in [7, 11) is -3.87. The molecule has 0 aliphatic rings. The number of hydrogen-bond acceptors (Lipinski definition) is 3. The normalized spacial score (nSPS) is 12.3. The Balaban J connectivity index is 1.86. The standard InChI is InChI=1S/C21H19ClN2O3S/c22-18-13-7-8-14-19(18)23-21(25)20(15-16-9-3-1-4-10-16)24-28(26,27)17-11-5-2-6-12-17/h1-14,20,24H,15H2,(H,23,25)/t20-/m0/s1. The first-order chi connectivity index (χ1) is 13.5. The second kappa shape index (κ2) is 9.01. The number of halogens is 1. The van der Waals surface area contributed by atoms with Crippen LogP contribution in [0.1, 0.15) is 5.56 Å². The summed E-state index contributed by atoms with van der Waals surface area (Å²) in [6.45, 7) is 0. The predicted molar refractivity (Wildman–Crippen MR) is 111 cm³/mol. The number of hydrogen-bond donors (Lipinski definition) is 2. The van der Waals surface area contributed by atoms with Gasteiger partial charge in [0.2, 0.25) is 15.9 Å². The number of amides is 1. The highest BCUT2D eigenvalue weighted by Crippen LogP contribution is 2.21. The summed E-state index contributed by atoms with van der Waals surface area (Å²) in [6.07, 6.45) is 0.198. The quantitative estimate of drug-likeness (QED) is 0.616. The first-order valence-corrected chi connectivity index (χ1v) is 10.5. The number of sulfonamides is 1. The van der Waals surface area contributed by atoms with Crippen LogP contribution in [0.2, 0.25) is 5.02 Å². The molecule has 0 spiro atoms. The average molecular weight is 415 g/mol. The zero-order chi connectivity index (χ0) is 20.0. The van der Waals surface area contributed by atoms with Crippen molar-refractivity contribution in [3.05, 3.63) is 95.5 Å². The van der Waals surface area contributed by atoms with Gasteiger partial charge in [0.1, 0.15) is 6.04 Å². The van der Waals surface area contributed by atoms with Gasteiger partial charge in [-0.25, -0.2) is 8.42 Å². The Kier molecular flexibility index (Phi) is 6.46. The fourth-order valence-electron chi connectivity index (χ4n) is 2.68. The van der Waals surface area contributed by atoms with Crippen molar-refractivity contribution in [3.8, 4) is 0 Å². The van der Waals surface area contributed by atoms with Gasteiger partial charge in [-0.2, -0.15) is 4.72 Å². The Morgan fingerprint density at radius 3 is 2.07 bits per heavy atom. The lowest BCUT2D eigenvalue weighted by atomic mass is 10.1. The van der Waals surface area contributed by atoms with E-state index in [0.29, 0.717) is 10.7 Å². The Bertz CT molecular complexity index is 1040. The average Bonchev–Trinajstić information content (AvgIpc) is 2.70. The third-order valence-corrected chi connectivity index (χ3v) is 5.90. The van der Waals surface area contributed by atoms with E-state index >= 15 is 0 Å². The number of nitrogens with one attached hydrogen (secondary N) is 2. The number of anilines is 1. The van der Waals surface area contributed by atoms with E-state index in [1.807, 2.05) is 30.3 Å². The van der Waals surface area contributed by atoms with Crippen LogP contribution in [0.5, 0.6) is 0 Å². The van der Waals surface area contributed by atoms with Crippen molar-refractivity contribution in [2.24, 2.45) is 0 Å². The van der Waals surface area contributed by atoms with Crippen LogP contribution in [-0.4, -0.2) is 20.4 Å². The van der Waals surface area contributed by atoms with Crippen LogP contribution in [0.25, 0.3) is 0 Å². The van der Waals surface area contributed by atoms with E-state index in [9.17, 15) is 13.2 Å².